The predicted octanol–water partition coefficient (Wildman–Crippen LogP) is 4.48. The number of carbonyl (C=O) groups is 1. The zero-order chi connectivity index (χ0) is 13.2. The maximum Gasteiger partial charge on any atom is 0.337 e. The van der Waals surface area contributed by atoms with Crippen molar-refractivity contribution in [1.29, 1.82) is 0 Å². The molecule has 0 saturated heterocycles. The standard InChI is InChI=1S/C14H19BrO2/c1-8(2)11-6-10(14(16)17-5)7-12(9(3)4)13(11)15/h6-9H,1-5H3. The second-order valence-corrected chi connectivity index (χ2v) is 5.56. The van der Waals surface area contributed by atoms with Gasteiger partial charge in [0, 0.05) is 4.47 Å². The topological polar surface area (TPSA) is 26.3 Å². The normalized spacial score (nSPS) is 11.1. The summed E-state index contributed by atoms with van der Waals surface area (Å²) in [4.78, 5) is 11.6. The van der Waals surface area contributed by atoms with Gasteiger partial charge in [0.25, 0.3) is 0 Å². The third kappa shape index (κ3) is 3.09. The average molecular weight is 299 g/mol. The molecule has 0 amide bonds. The van der Waals surface area contributed by atoms with Crippen molar-refractivity contribution in [3.05, 3.63) is 33.3 Å². The predicted molar refractivity (Wildman–Crippen MR) is 73.7 cm³/mol. The van der Waals surface area contributed by atoms with E-state index < -0.39 is 0 Å². The molecule has 94 valence electrons. The number of esters is 1. The van der Waals surface area contributed by atoms with E-state index in [1.165, 1.54) is 7.11 Å². The summed E-state index contributed by atoms with van der Waals surface area (Å²) in [5.41, 5.74) is 2.93. The Morgan fingerprint density at radius 3 is 1.82 bits per heavy atom. The molecule has 1 rings (SSSR count). The van der Waals surface area contributed by atoms with E-state index in [2.05, 4.69) is 43.6 Å². The first-order chi connectivity index (χ1) is 7.88. The monoisotopic (exact) mass is 298 g/mol. The highest BCUT2D eigenvalue weighted by atomic mass is 79.9. The maximum absolute atomic E-state index is 11.6. The van der Waals surface area contributed by atoms with Crippen molar-refractivity contribution in [1.82, 2.24) is 0 Å². The Balaban J connectivity index is 3.42. The molecule has 1 aromatic rings. The van der Waals surface area contributed by atoms with Gasteiger partial charge in [-0.3, -0.25) is 0 Å². The van der Waals surface area contributed by atoms with E-state index in [9.17, 15) is 4.79 Å². The molecule has 0 fully saturated rings. The van der Waals surface area contributed by atoms with Gasteiger partial charge in [0.05, 0.1) is 12.7 Å². The Bertz CT molecular complexity index is 393. The first-order valence-corrected chi connectivity index (χ1v) is 6.59. The molecule has 0 radical (unpaired) electrons. The number of carbonyl (C=O) groups excluding carboxylic acids is 1. The van der Waals surface area contributed by atoms with Crippen LogP contribution in [0.5, 0.6) is 0 Å². The lowest BCUT2D eigenvalue weighted by Crippen LogP contribution is -2.06. The number of rotatable bonds is 3. The summed E-state index contributed by atoms with van der Waals surface area (Å²) in [6.45, 7) is 8.47. The minimum atomic E-state index is -0.277. The average Bonchev–Trinajstić information content (AvgIpc) is 2.27. The van der Waals surface area contributed by atoms with Crippen molar-refractivity contribution in [3.63, 3.8) is 0 Å². The van der Waals surface area contributed by atoms with E-state index in [4.69, 9.17) is 4.74 Å². The molecule has 0 spiro atoms. The lowest BCUT2D eigenvalue weighted by Gasteiger charge is -2.17. The van der Waals surface area contributed by atoms with Gasteiger partial charge in [-0.25, -0.2) is 4.79 Å². The van der Waals surface area contributed by atoms with Crippen LogP contribution in [0.4, 0.5) is 0 Å². The largest absolute Gasteiger partial charge is 0.465 e. The van der Waals surface area contributed by atoms with Gasteiger partial charge >= 0.3 is 5.97 Å². The smallest absolute Gasteiger partial charge is 0.337 e. The third-order valence-corrected chi connectivity index (χ3v) is 3.71. The minimum absolute atomic E-state index is 0.277. The van der Waals surface area contributed by atoms with Crippen LogP contribution in [0.1, 0.15) is 61.0 Å². The molecular formula is C14H19BrO2. The molecule has 0 bridgehead atoms. The molecule has 0 saturated carbocycles. The van der Waals surface area contributed by atoms with Gasteiger partial charge < -0.3 is 4.74 Å². The fourth-order valence-electron chi connectivity index (χ4n) is 1.75. The van der Waals surface area contributed by atoms with Crippen molar-refractivity contribution < 1.29 is 9.53 Å². The van der Waals surface area contributed by atoms with Gasteiger partial charge in [0.1, 0.15) is 0 Å². The molecule has 0 aliphatic carbocycles. The van der Waals surface area contributed by atoms with E-state index in [1.54, 1.807) is 0 Å². The Morgan fingerprint density at radius 2 is 1.53 bits per heavy atom. The molecule has 1 aromatic carbocycles. The van der Waals surface area contributed by atoms with Crippen LogP contribution in [0.15, 0.2) is 16.6 Å². The van der Waals surface area contributed by atoms with Crippen LogP contribution in [-0.4, -0.2) is 13.1 Å². The van der Waals surface area contributed by atoms with E-state index in [-0.39, 0.29) is 5.97 Å². The third-order valence-electron chi connectivity index (χ3n) is 2.79. The number of methoxy groups -OCH3 is 1. The molecule has 0 aliphatic heterocycles. The van der Waals surface area contributed by atoms with Gasteiger partial charge in [-0.2, -0.15) is 0 Å². The molecule has 17 heavy (non-hydrogen) atoms. The van der Waals surface area contributed by atoms with Crippen molar-refractivity contribution in [2.75, 3.05) is 7.11 Å². The second-order valence-electron chi connectivity index (χ2n) is 4.77. The Morgan fingerprint density at radius 1 is 1.12 bits per heavy atom. The van der Waals surface area contributed by atoms with Crippen LogP contribution in [0.2, 0.25) is 0 Å². The lowest BCUT2D eigenvalue weighted by atomic mass is 9.93. The number of hydrogen-bond acceptors (Lipinski definition) is 2. The fourth-order valence-corrected chi connectivity index (χ4v) is 2.89. The Kier molecular flexibility index (Phi) is 4.75. The van der Waals surface area contributed by atoms with Crippen molar-refractivity contribution >= 4 is 21.9 Å². The van der Waals surface area contributed by atoms with E-state index >= 15 is 0 Å². The molecule has 0 aliphatic rings. The number of ether oxygens (including phenoxy) is 1. The van der Waals surface area contributed by atoms with Crippen LogP contribution in [-0.2, 0) is 4.74 Å². The van der Waals surface area contributed by atoms with E-state index in [1.807, 2.05) is 12.1 Å². The molecule has 0 atom stereocenters. The van der Waals surface area contributed by atoms with Crippen LogP contribution in [0, 0.1) is 0 Å². The molecular weight excluding hydrogens is 280 g/mol. The SMILES string of the molecule is COC(=O)c1cc(C(C)C)c(Br)c(C(C)C)c1. The fraction of sp³-hybridized carbons (Fsp3) is 0.500. The number of hydrogen-bond donors (Lipinski definition) is 0. The van der Waals surface area contributed by atoms with Crippen molar-refractivity contribution in [2.24, 2.45) is 0 Å². The summed E-state index contributed by atoms with van der Waals surface area (Å²) < 4.78 is 5.90. The maximum atomic E-state index is 11.6. The van der Waals surface area contributed by atoms with Crippen LogP contribution in [0.3, 0.4) is 0 Å². The van der Waals surface area contributed by atoms with Gasteiger partial charge in [-0.15, -0.1) is 0 Å². The zero-order valence-electron chi connectivity index (χ0n) is 11.0. The van der Waals surface area contributed by atoms with Gasteiger partial charge in [0.15, 0.2) is 0 Å². The molecule has 0 unspecified atom stereocenters. The summed E-state index contributed by atoms with van der Waals surface area (Å²) in [7, 11) is 1.41. The summed E-state index contributed by atoms with van der Waals surface area (Å²) in [5, 5.41) is 0. The summed E-state index contributed by atoms with van der Waals surface area (Å²) in [6, 6.07) is 3.82. The van der Waals surface area contributed by atoms with Gasteiger partial charge in [-0.1, -0.05) is 43.6 Å². The first kappa shape index (κ1) is 14.2. The van der Waals surface area contributed by atoms with Crippen molar-refractivity contribution in [3.8, 4) is 0 Å². The molecule has 0 heterocycles. The Labute approximate surface area is 111 Å². The second kappa shape index (κ2) is 5.67. The summed E-state index contributed by atoms with van der Waals surface area (Å²) in [5.74, 6) is 0.458. The first-order valence-electron chi connectivity index (χ1n) is 5.80. The highest BCUT2D eigenvalue weighted by Gasteiger charge is 2.17. The number of halogens is 1. The van der Waals surface area contributed by atoms with Gasteiger partial charge in [-0.05, 0) is 35.1 Å². The zero-order valence-corrected chi connectivity index (χ0v) is 12.6. The highest BCUT2D eigenvalue weighted by Crippen LogP contribution is 2.33. The van der Waals surface area contributed by atoms with E-state index in [0.717, 1.165) is 15.6 Å². The van der Waals surface area contributed by atoms with Crippen LogP contribution in [0.25, 0.3) is 0 Å². The van der Waals surface area contributed by atoms with E-state index in [0.29, 0.717) is 17.4 Å². The van der Waals surface area contributed by atoms with Crippen LogP contribution < -0.4 is 0 Å². The summed E-state index contributed by atoms with van der Waals surface area (Å²) >= 11 is 3.64. The highest BCUT2D eigenvalue weighted by molar-refractivity contribution is 9.10. The minimum Gasteiger partial charge on any atom is -0.465 e. The quantitative estimate of drug-likeness (QED) is 0.769. The Hall–Kier alpha value is -0.830. The van der Waals surface area contributed by atoms with Gasteiger partial charge in [0.2, 0.25) is 0 Å². The van der Waals surface area contributed by atoms with Crippen molar-refractivity contribution in [2.45, 2.75) is 39.5 Å². The molecule has 0 aromatic heterocycles. The molecule has 0 N–H and O–H groups in total. The van der Waals surface area contributed by atoms with Crippen LogP contribution >= 0.6 is 15.9 Å². The number of benzene rings is 1. The lowest BCUT2D eigenvalue weighted by molar-refractivity contribution is 0.0600. The molecule has 3 heteroatoms. The summed E-state index contributed by atoms with van der Waals surface area (Å²) in [6.07, 6.45) is 0. The molecule has 2 nitrogen and oxygen atoms in total.